The van der Waals surface area contributed by atoms with E-state index in [1.165, 1.54) is 19.2 Å². The first kappa shape index (κ1) is 12.2. The molecule has 1 heterocycles. The molecule has 19 heavy (non-hydrogen) atoms. The molecule has 1 aromatic heterocycles. The Morgan fingerprint density at radius 2 is 2.21 bits per heavy atom. The van der Waals surface area contributed by atoms with Gasteiger partial charge in [0.05, 0.1) is 13.4 Å². The fourth-order valence-electron chi connectivity index (χ4n) is 2.77. The number of methoxy groups -OCH3 is 1. The highest BCUT2D eigenvalue weighted by Gasteiger charge is 2.38. The van der Waals surface area contributed by atoms with E-state index in [-0.39, 0.29) is 5.75 Å². The molecule has 100 valence electrons. The third kappa shape index (κ3) is 1.83. The molecule has 1 unspecified atom stereocenters. The molecule has 1 aliphatic rings. The van der Waals surface area contributed by atoms with E-state index >= 15 is 0 Å². The van der Waals surface area contributed by atoms with Gasteiger partial charge in [0.2, 0.25) is 0 Å². The van der Waals surface area contributed by atoms with Crippen LogP contribution in [-0.2, 0) is 12.0 Å². The SMILES string of the molecule is COc1ccc(C2(O)CCCc3occc32)cc1F. The largest absolute Gasteiger partial charge is 0.494 e. The van der Waals surface area contributed by atoms with Crippen LogP contribution in [0.15, 0.2) is 34.9 Å². The molecule has 0 saturated heterocycles. The van der Waals surface area contributed by atoms with Gasteiger partial charge in [-0.2, -0.15) is 0 Å². The van der Waals surface area contributed by atoms with Gasteiger partial charge in [-0.15, -0.1) is 0 Å². The van der Waals surface area contributed by atoms with E-state index in [1.807, 2.05) is 0 Å². The second-order valence-corrected chi connectivity index (χ2v) is 4.82. The first-order valence-corrected chi connectivity index (χ1v) is 6.28. The van der Waals surface area contributed by atoms with Gasteiger partial charge in [-0.25, -0.2) is 4.39 Å². The summed E-state index contributed by atoms with van der Waals surface area (Å²) in [7, 11) is 1.42. The predicted octanol–water partition coefficient (Wildman–Crippen LogP) is 3.00. The van der Waals surface area contributed by atoms with E-state index in [9.17, 15) is 9.50 Å². The van der Waals surface area contributed by atoms with Crippen molar-refractivity contribution in [3.63, 3.8) is 0 Å². The van der Waals surface area contributed by atoms with Crippen LogP contribution < -0.4 is 4.74 Å². The topological polar surface area (TPSA) is 42.6 Å². The lowest BCUT2D eigenvalue weighted by molar-refractivity contribution is 0.0585. The van der Waals surface area contributed by atoms with E-state index in [1.54, 1.807) is 18.4 Å². The van der Waals surface area contributed by atoms with Gasteiger partial charge < -0.3 is 14.3 Å². The number of hydrogen-bond acceptors (Lipinski definition) is 3. The van der Waals surface area contributed by atoms with Crippen molar-refractivity contribution < 1.29 is 18.7 Å². The lowest BCUT2D eigenvalue weighted by Crippen LogP contribution is -2.31. The summed E-state index contributed by atoms with van der Waals surface area (Å²) in [5, 5.41) is 10.9. The van der Waals surface area contributed by atoms with Crippen molar-refractivity contribution in [3.05, 3.63) is 53.2 Å². The minimum Gasteiger partial charge on any atom is -0.494 e. The first-order chi connectivity index (χ1) is 9.15. The van der Waals surface area contributed by atoms with Gasteiger partial charge in [-0.05, 0) is 36.6 Å². The van der Waals surface area contributed by atoms with Crippen LogP contribution in [0.1, 0.15) is 29.7 Å². The van der Waals surface area contributed by atoms with Gasteiger partial charge >= 0.3 is 0 Å². The van der Waals surface area contributed by atoms with Gasteiger partial charge in [0, 0.05) is 12.0 Å². The Morgan fingerprint density at radius 3 is 2.95 bits per heavy atom. The molecule has 3 nitrogen and oxygen atoms in total. The molecule has 1 atom stereocenters. The van der Waals surface area contributed by atoms with Gasteiger partial charge in [0.1, 0.15) is 11.4 Å². The average molecular weight is 262 g/mol. The molecule has 0 aliphatic heterocycles. The Hall–Kier alpha value is -1.81. The van der Waals surface area contributed by atoms with Crippen molar-refractivity contribution in [1.82, 2.24) is 0 Å². The van der Waals surface area contributed by atoms with Crippen molar-refractivity contribution in [2.75, 3.05) is 7.11 Å². The molecule has 3 rings (SSSR count). The summed E-state index contributed by atoms with van der Waals surface area (Å²) < 4.78 is 24.1. The fraction of sp³-hybridized carbons (Fsp3) is 0.333. The van der Waals surface area contributed by atoms with Gasteiger partial charge in [0.25, 0.3) is 0 Å². The van der Waals surface area contributed by atoms with Crippen LogP contribution in [0.4, 0.5) is 4.39 Å². The number of halogens is 1. The fourth-order valence-corrected chi connectivity index (χ4v) is 2.77. The lowest BCUT2D eigenvalue weighted by atomic mass is 9.78. The maximum Gasteiger partial charge on any atom is 0.165 e. The number of hydrogen-bond donors (Lipinski definition) is 1. The summed E-state index contributed by atoms with van der Waals surface area (Å²) in [5.41, 5.74) is 0.102. The van der Waals surface area contributed by atoms with Crippen molar-refractivity contribution in [2.45, 2.75) is 24.9 Å². The number of aryl methyl sites for hydroxylation is 1. The average Bonchev–Trinajstić information content (AvgIpc) is 2.88. The molecule has 2 aromatic rings. The van der Waals surface area contributed by atoms with Crippen LogP contribution in [0.25, 0.3) is 0 Å². The molecule has 1 N–H and O–H groups in total. The molecule has 0 saturated carbocycles. The minimum atomic E-state index is -1.17. The molecule has 0 spiro atoms. The highest BCUT2D eigenvalue weighted by Crippen LogP contribution is 2.41. The Morgan fingerprint density at radius 1 is 1.37 bits per heavy atom. The van der Waals surface area contributed by atoms with E-state index in [0.717, 1.165) is 24.2 Å². The van der Waals surface area contributed by atoms with Crippen molar-refractivity contribution in [1.29, 1.82) is 0 Å². The summed E-state index contributed by atoms with van der Waals surface area (Å²) in [5.74, 6) is 0.490. The number of rotatable bonds is 2. The number of aliphatic hydroxyl groups is 1. The third-order valence-corrected chi connectivity index (χ3v) is 3.76. The quantitative estimate of drug-likeness (QED) is 0.904. The molecule has 0 fully saturated rings. The Labute approximate surface area is 110 Å². The number of furan rings is 1. The Kier molecular flexibility index (Phi) is 2.82. The Balaban J connectivity index is 2.10. The smallest absolute Gasteiger partial charge is 0.165 e. The lowest BCUT2D eigenvalue weighted by Gasteiger charge is -2.32. The monoisotopic (exact) mass is 262 g/mol. The van der Waals surface area contributed by atoms with Crippen molar-refractivity contribution in [3.8, 4) is 5.75 Å². The summed E-state index contributed by atoms with van der Waals surface area (Å²) >= 11 is 0. The standard InChI is InChI=1S/C15H15FO3/c1-18-14-5-4-10(9-12(14)16)15(17)7-2-3-13-11(15)6-8-19-13/h4-6,8-9,17H,2-3,7H2,1H3. The highest BCUT2D eigenvalue weighted by atomic mass is 19.1. The van der Waals surface area contributed by atoms with Crippen LogP contribution in [0.3, 0.4) is 0 Å². The maximum atomic E-state index is 13.8. The van der Waals surface area contributed by atoms with E-state index in [4.69, 9.17) is 9.15 Å². The van der Waals surface area contributed by atoms with E-state index in [0.29, 0.717) is 12.0 Å². The predicted molar refractivity (Wildman–Crippen MR) is 67.6 cm³/mol. The van der Waals surface area contributed by atoms with Gasteiger partial charge in [0.15, 0.2) is 11.6 Å². The van der Waals surface area contributed by atoms with Gasteiger partial charge in [-0.1, -0.05) is 6.07 Å². The number of ether oxygens (including phenoxy) is 1. The molecule has 1 aliphatic carbocycles. The Bertz CT molecular complexity index is 605. The van der Waals surface area contributed by atoms with E-state index in [2.05, 4.69) is 0 Å². The number of fused-ring (bicyclic) bond motifs is 1. The second kappa shape index (κ2) is 4.38. The molecule has 4 heteroatoms. The van der Waals surface area contributed by atoms with Crippen molar-refractivity contribution in [2.24, 2.45) is 0 Å². The summed E-state index contributed by atoms with van der Waals surface area (Å²) in [6.07, 6.45) is 3.75. The molecule has 0 radical (unpaired) electrons. The first-order valence-electron chi connectivity index (χ1n) is 6.28. The van der Waals surface area contributed by atoms with Crippen LogP contribution in [-0.4, -0.2) is 12.2 Å². The molecular weight excluding hydrogens is 247 g/mol. The van der Waals surface area contributed by atoms with Crippen LogP contribution in [0, 0.1) is 5.82 Å². The normalized spacial score (nSPS) is 22.1. The van der Waals surface area contributed by atoms with Crippen LogP contribution in [0.5, 0.6) is 5.75 Å². The summed E-state index contributed by atoms with van der Waals surface area (Å²) in [6.45, 7) is 0. The summed E-state index contributed by atoms with van der Waals surface area (Å²) in [6, 6.07) is 6.33. The van der Waals surface area contributed by atoms with Gasteiger partial charge in [-0.3, -0.25) is 0 Å². The number of benzene rings is 1. The van der Waals surface area contributed by atoms with Crippen molar-refractivity contribution >= 4 is 0 Å². The molecule has 1 aromatic carbocycles. The van der Waals surface area contributed by atoms with Crippen LogP contribution >= 0.6 is 0 Å². The zero-order valence-corrected chi connectivity index (χ0v) is 10.6. The molecular formula is C15H15FO3. The zero-order chi connectivity index (χ0) is 13.5. The van der Waals surface area contributed by atoms with E-state index < -0.39 is 11.4 Å². The highest BCUT2D eigenvalue weighted by molar-refractivity contribution is 5.42. The van der Waals surface area contributed by atoms with Crippen LogP contribution in [0.2, 0.25) is 0 Å². The molecule has 0 amide bonds. The summed E-state index contributed by atoms with van der Waals surface area (Å²) in [4.78, 5) is 0. The third-order valence-electron chi connectivity index (χ3n) is 3.76. The molecule has 0 bridgehead atoms. The minimum absolute atomic E-state index is 0.176. The zero-order valence-electron chi connectivity index (χ0n) is 10.6. The second-order valence-electron chi connectivity index (χ2n) is 4.82. The maximum absolute atomic E-state index is 13.8.